The molecule has 2 aromatic carbocycles. The van der Waals surface area contributed by atoms with E-state index in [-0.39, 0.29) is 12.5 Å². The second-order valence-electron chi connectivity index (χ2n) is 5.36. The SMILES string of the molecule is Cc1cc(OCC(=O)Nc2ccc(-n3cccn3)c(F)c2)ccc1Cl. The van der Waals surface area contributed by atoms with E-state index >= 15 is 0 Å². The van der Waals surface area contributed by atoms with Crippen LogP contribution in [0.1, 0.15) is 5.56 Å². The molecule has 0 aliphatic rings. The lowest BCUT2D eigenvalue weighted by Gasteiger charge is -2.10. The number of carbonyl (C=O) groups is 1. The third-order valence-corrected chi connectivity index (χ3v) is 3.91. The average molecular weight is 360 g/mol. The minimum atomic E-state index is -0.490. The predicted octanol–water partition coefficient (Wildman–Crippen LogP) is 3.99. The standard InChI is InChI=1S/C18H15ClFN3O2/c1-12-9-14(4-5-15(12)19)25-11-18(24)22-13-3-6-17(16(20)10-13)23-8-2-7-21-23/h2-10H,11H2,1H3,(H,22,24). The first-order valence-electron chi connectivity index (χ1n) is 7.51. The van der Waals surface area contributed by atoms with Gasteiger partial charge in [0, 0.05) is 23.1 Å². The Hall–Kier alpha value is -2.86. The monoisotopic (exact) mass is 359 g/mol. The van der Waals surface area contributed by atoms with Gasteiger partial charge in [-0.15, -0.1) is 0 Å². The Balaban J connectivity index is 1.61. The van der Waals surface area contributed by atoms with Crippen molar-refractivity contribution in [1.29, 1.82) is 0 Å². The van der Waals surface area contributed by atoms with Gasteiger partial charge in [0.1, 0.15) is 11.4 Å². The van der Waals surface area contributed by atoms with Crippen molar-refractivity contribution in [1.82, 2.24) is 9.78 Å². The molecule has 0 saturated carbocycles. The van der Waals surface area contributed by atoms with Gasteiger partial charge in [-0.05, 0) is 55.0 Å². The van der Waals surface area contributed by atoms with Crippen LogP contribution >= 0.6 is 11.6 Å². The second kappa shape index (κ2) is 7.36. The molecule has 1 aromatic heterocycles. The number of hydrogen-bond donors (Lipinski definition) is 1. The summed E-state index contributed by atoms with van der Waals surface area (Å²) < 4.78 is 21.0. The van der Waals surface area contributed by atoms with E-state index in [9.17, 15) is 9.18 Å². The van der Waals surface area contributed by atoms with Crippen LogP contribution in [0.2, 0.25) is 5.02 Å². The number of rotatable bonds is 5. The third-order valence-electron chi connectivity index (χ3n) is 3.48. The fourth-order valence-corrected chi connectivity index (χ4v) is 2.35. The molecule has 0 aliphatic carbocycles. The molecule has 25 heavy (non-hydrogen) atoms. The van der Waals surface area contributed by atoms with Gasteiger partial charge < -0.3 is 10.1 Å². The summed E-state index contributed by atoms with van der Waals surface area (Å²) >= 11 is 5.94. The lowest BCUT2D eigenvalue weighted by atomic mass is 10.2. The first kappa shape index (κ1) is 17.0. The van der Waals surface area contributed by atoms with E-state index in [4.69, 9.17) is 16.3 Å². The van der Waals surface area contributed by atoms with E-state index in [2.05, 4.69) is 10.4 Å². The topological polar surface area (TPSA) is 56.1 Å². The molecule has 3 rings (SSSR count). The van der Waals surface area contributed by atoms with Crippen LogP contribution in [0.4, 0.5) is 10.1 Å². The van der Waals surface area contributed by atoms with Crippen LogP contribution in [0.3, 0.4) is 0 Å². The number of aryl methyl sites for hydroxylation is 1. The number of halogens is 2. The lowest BCUT2D eigenvalue weighted by molar-refractivity contribution is -0.118. The van der Waals surface area contributed by atoms with Gasteiger partial charge in [0.25, 0.3) is 5.91 Å². The Labute approximate surface area is 149 Å². The fourth-order valence-electron chi connectivity index (χ4n) is 2.23. The molecule has 7 heteroatoms. The van der Waals surface area contributed by atoms with Crippen LogP contribution in [-0.2, 0) is 4.79 Å². The molecule has 128 valence electrons. The molecule has 5 nitrogen and oxygen atoms in total. The van der Waals surface area contributed by atoms with E-state index in [1.165, 1.54) is 10.7 Å². The van der Waals surface area contributed by atoms with Gasteiger partial charge in [-0.3, -0.25) is 4.79 Å². The molecule has 3 aromatic rings. The highest BCUT2D eigenvalue weighted by atomic mass is 35.5. The number of anilines is 1. The summed E-state index contributed by atoms with van der Waals surface area (Å²) in [5.41, 5.74) is 1.50. The van der Waals surface area contributed by atoms with Gasteiger partial charge in [0.2, 0.25) is 0 Å². The Bertz CT molecular complexity index is 897. The van der Waals surface area contributed by atoms with Gasteiger partial charge in [0.05, 0.1) is 0 Å². The molecule has 1 N–H and O–H groups in total. The zero-order valence-electron chi connectivity index (χ0n) is 13.4. The van der Waals surface area contributed by atoms with Crippen molar-refractivity contribution in [2.75, 3.05) is 11.9 Å². The summed E-state index contributed by atoms with van der Waals surface area (Å²) in [6.45, 7) is 1.66. The average Bonchev–Trinajstić information content (AvgIpc) is 3.10. The molecule has 1 heterocycles. The number of nitrogens with one attached hydrogen (secondary N) is 1. The van der Waals surface area contributed by atoms with Gasteiger partial charge in [0.15, 0.2) is 12.4 Å². The molecule has 0 saturated heterocycles. The summed E-state index contributed by atoms with van der Waals surface area (Å²) in [6, 6.07) is 11.2. The summed E-state index contributed by atoms with van der Waals surface area (Å²) in [5, 5.41) is 7.20. The number of nitrogens with zero attached hydrogens (tertiary/aromatic N) is 2. The Morgan fingerprint density at radius 2 is 2.16 bits per heavy atom. The molecule has 1 amide bonds. The van der Waals surface area contributed by atoms with E-state index in [0.717, 1.165) is 5.56 Å². The zero-order valence-corrected chi connectivity index (χ0v) is 14.1. The van der Waals surface area contributed by atoms with Crippen LogP contribution in [-0.4, -0.2) is 22.3 Å². The second-order valence-corrected chi connectivity index (χ2v) is 5.77. The van der Waals surface area contributed by atoms with Gasteiger partial charge >= 0.3 is 0 Å². The van der Waals surface area contributed by atoms with Crippen LogP contribution in [0.25, 0.3) is 5.69 Å². The summed E-state index contributed by atoms with van der Waals surface area (Å²) in [7, 11) is 0. The van der Waals surface area contributed by atoms with Crippen LogP contribution in [0.15, 0.2) is 54.9 Å². The number of ether oxygens (including phenoxy) is 1. The highest BCUT2D eigenvalue weighted by Gasteiger charge is 2.09. The van der Waals surface area contributed by atoms with Gasteiger partial charge in [-0.1, -0.05) is 11.6 Å². The van der Waals surface area contributed by atoms with Crippen LogP contribution in [0.5, 0.6) is 5.75 Å². The minimum absolute atomic E-state index is 0.191. The van der Waals surface area contributed by atoms with Crippen molar-refractivity contribution >= 4 is 23.2 Å². The van der Waals surface area contributed by atoms with Crippen molar-refractivity contribution in [3.63, 3.8) is 0 Å². The van der Waals surface area contributed by atoms with E-state index in [0.29, 0.717) is 22.1 Å². The van der Waals surface area contributed by atoms with E-state index in [1.807, 2.05) is 6.92 Å². The number of aromatic nitrogens is 2. The first-order chi connectivity index (χ1) is 12.0. The predicted molar refractivity (Wildman–Crippen MR) is 93.8 cm³/mol. The highest BCUT2D eigenvalue weighted by molar-refractivity contribution is 6.31. The molecule has 0 radical (unpaired) electrons. The highest BCUT2D eigenvalue weighted by Crippen LogP contribution is 2.21. The molecule has 0 bridgehead atoms. The maximum atomic E-state index is 14.1. The van der Waals surface area contributed by atoms with Crippen molar-refractivity contribution in [3.8, 4) is 11.4 Å². The molecular weight excluding hydrogens is 345 g/mol. The molecule has 0 unspecified atom stereocenters. The van der Waals surface area contributed by atoms with Crippen molar-refractivity contribution in [3.05, 3.63) is 71.3 Å². The molecule has 0 spiro atoms. The Morgan fingerprint density at radius 1 is 1.32 bits per heavy atom. The number of carbonyl (C=O) groups excluding carboxylic acids is 1. The lowest BCUT2D eigenvalue weighted by Crippen LogP contribution is -2.20. The number of hydrogen-bond acceptors (Lipinski definition) is 3. The third kappa shape index (κ3) is 4.16. The largest absolute Gasteiger partial charge is 0.484 e. The molecular formula is C18H15ClFN3O2. The van der Waals surface area contributed by atoms with E-state index < -0.39 is 5.82 Å². The molecule has 0 aliphatic heterocycles. The van der Waals surface area contributed by atoms with Crippen LogP contribution < -0.4 is 10.1 Å². The summed E-state index contributed by atoms with van der Waals surface area (Å²) in [4.78, 5) is 12.0. The Kier molecular flexibility index (Phi) is 5.00. The van der Waals surface area contributed by atoms with Crippen molar-refractivity contribution in [2.45, 2.75) is 6.92 Å². The smallest absolute Gasteiger partial charge is 0.262 e. The molecule has 0 fully saturated rings. The first-order valence-corrected chi connectivity index (χ1v) is 7.89. The van der Waals surface area contributed by atoms with Gasteiger partial charge in [-0.2, -0.15) is 5.10 Å². The fraction of sp³-hybridized carbons (Fsp3) is 0.111. The molecule has 0 atom stereocenters. The van der Waals surface area contributed by atoms with Crippen molar-refractivity contribution < 1.29 is 13.9 Å². The van der Waals surface area contributed by atoms with Gasteiger partial charge in [-0.25, -0.2) is 9.07 Å². The zero-order chi connectivity index (χ0) is 17.8. The minimum Gasteiger partial charge on any atom is -0.484 e. The normalized spacial score (nSPS) is 10.5. The maximum Gasteiger partial charge on any atom is 0.262 e. The summed E-state index contributed by atoms with van der Waals surface area (Å²) in [5.74, 6) is -0.341. The quantitative estimate of drug-likeness (QED) is 0.749. The van der Waals surface area contributed by atoms with E-state index in [1.54, 1.807) is 48.8 Å². The number of benzene rings is 2. The van der Waals surface area contributed by atoms with Crippen LogP contribution in [0, 0.1) is 12.7 Å². The number of amides is 1. The Morgan fingerprint density at radius 3 is 2.84 bits per heavy atom. The summed E-state index contributed by atoms with van der Waals surface area (Å²) in [6.07, 6.45) is 3.20. The maximum absolute atomic E-state index is 14.1. The van der Waals surface area contributed by atoms with Crippen molar-refractivity contribution in [2.24, 2.45) is 0 Å².